The zero-order chi connectivity index (χ0) is 23.1. The lowest BCUT2D eigenvalue weighted by atomic mass is 9.43. The van der Waals surface area contributed by atoms with Crippen molar-refractivity contribution in [2.75, 3.05) is 13.2 Å². The summed E-state index contributed by atoms with van der Waals surface area (Å²) in [5, 5.41) is 33.7. The van der Waals surface area contributed by atoms with Crippen LogP contribution in [0, 0.1) is 46.3 Å². The molecule has 1 amide bonds. The summed E-state index contributed by atoms with van der Waals surface area (Å²) in [7, 11) is 0. The van der Waals surface area contributed by atoms with E-state index in [2.05, 4.69) is 26.1 Å². The van der Waals surface area contributed by atoms with Gasteiger partial charge < -0.3 is 20.6 Å². The van der Waals surface area contributed by atoms with Crippen LogP contribution < -0.4 is 5.32 Å². The lowest BCUT2D eigenvalue weighted by Gasteiger charge is -2.62. The molecule has 4 saturated carbocycles. The first-order chi connectivity index (χ1) is 15.2. The largest absolute Gasteiger partial charge is 0.396 e. The molecule has 184 valence electrons. The van der Waals surface area contributed by atoms with E-state index in [4.69, 9.17) is 5.11 Å². The average Bonchev–Trinajstić information content (AvgIpc) is 3.12. The van der Waals surface area contributed by atoms with Gasteiger partial charge in [-0.1, -0.05) is 20.8 Å². The Kier molecular flexibility index (Phi) is 7.30. The van der Waals surface area contributed by atoms with Crippen molar-refractivity contribution in [2.45, 2.75) is 104 Å². The predicted octanol–water partition coefficient (Wildman–Crippen LogP) is 3.89. The lowest BCUT2D eigenvalue weighted by molar-refractivity contribution is -0.174. The van der Waals surface area contributed by atoms with Crippen molar-refractivity contribution < 1.29 is 20.1 Å². The number of nitrogens with one attached hydrogen (secondary N) is 1. The van der Waals surface area contributed by atoms with Gasteiger partial charge in [0.1, 0.15) is 0 Å². The second-order valence-corrected chi connectivity index (χ2v) is 12.3. The van der Waals surface area contributed by atoms with E-state index in [1.807, 2.05) is 0 Å². The van der Waals surface area contributed by atoms with Crippen molar-refractivity contribution in [1.82, 2.24) is 5.32 Å². The standard InChI is InChI=1S/C27H47NO4/c1-17(5-10-25(32)28-13-4-14-29)21-8-9-22-20-7-6-18-15-19(30)11-12-26(18,2)23(20)16-24(31)27(21,22)3/h17-24,29-31H,4-16H2,1-3H3,(H,28,32)/t17-,18?,19?,20+,21-,22+,23+,24?,26+,27-/m1/s1. The number of amides is 1. The molecule has 0 heterocycles. The topological polar surface area (TPSA) is 89.8 Å². The van der Waals surface area contributed by atoms with Gasteiger partial charge in [-0.15, -0.1) is 0 Å². The number of aliphatic hydroxyl groups is 3. The van der Waals surface area contributed by atoms with Crippen LogP contribution in [0.4, 0.5) is 0 Å². The quantitative estimate of drug-likeness (QED) is 0.444. The van der Waals surface area contributed by atoms with E-state index >= 15 is 0 Å². The molecule has 0 bridgehead atoms. The highest BCUT2D eigenvalue weighted by atomic mass is 16.3. The molecule has 5 heteroatoms. The number of carbonyl (C=O) groups excluding carboxylic acids is 1. The molecule has 0 aromatic rings. The minimum absolute atomic E-state index is 0.0364. The number of hydrogen-bond acceptors (Lipinski definition) is 4. The van der Waals surface area contributed by atoms with Gasteiger partial charge in [0.2, 0.25) is 5.91 Å². The molecular weight excluding hydrogens is 402 g/mol. The zero-order valence-electron chi connectivity index (χ0n) is 20.6. The summed E-state index contributed by atoms with van der Waals surface area (Å²) in [6, 6.07) is 0. The van der Waals surface area contributed by atoms with Crippen LogP contribution in [0.1, 0.15) is 91.4 Å². The van der Waals surface area contributed by atoms with Crippen LogP contribution in [0.5, 0.6) is 0 Å². The molecule has 10 atom stereocenters. The molecule has 0 spiro atoms. The first kappa shape index (κ1) is 24.5. The second kappa shape index (κ2) is 9.54. The van der Waals surface area contributed by atoms with E-state index in [1.165, 1.54) is 25.7 Å². The molecule has 3 unspecified atom stereocenters. The fourth-order valence-corrected chi connectivity index (χ4v) is 9.12. The minimum atomic E-state index is -0.260. The van der Waals surface area contributed by atoms with Crippen molar-refractivity contribution in [2.24, 2.45) is 46.3 Å². The SMILES string of the molecule is C[C@H](CCC(=O)NCCCO)[C@H]1CC[C@H]2[C@@H]3CCC4CC(O)CC[C@]4(C)[C@H]3CC(O)[C@]12C. The summed E-state index contributed by atoms with van der Waals surface area (Å²) in [5.74, 6) is 3.49. The third-order valence-corrected chi connectivity index (χ3v) is 11.0. The third kappa shape index (κ3) is 4.15. The predicted molar refractivity (Wildman–Crippen MR) is 126 cm³/mol. The van der Waals surface area contributed by atoms with Gasteiger partial charge in [-0.2, -0.15) is 0 Å². The highest BCUT2D eigenvalue weighted by Crippen LogP contribution is 2.68. The zero-order valence-corrected chi connectivity index (χ0v) is 20.6. The number of hydrogen-bond donors (Lipinski definition) is 4. The highest BCUT2D eigenvalue weighted by Gasteiger charge is 2.63. The van der Waals surface area contributed by atoms with Crippen LogP contribution in [0.2, 0.25) is 0 Å². The van der Waals surface area contributed by atoms with Crippen molar-refractivity contribution >= 4 is 5.91 Å². The van der Waals surface area contributed by atoms with Crippen LogP contribution in [0.25, 0.3) is 0 Å². The summed E-state index contributed by atoms with van der Waals surface area (Å²) in [6.07, 6.45) is 10.4. The van der Waals surface area contributed by atoms with Gasteiger partial charge in [-0.25, -0.2) is 0 Å². The monoisotopic (exact) mass is 449 g/mol. The molecule has 0 aromatic carbocycles. The maximum atomic E-state index is 12.2. The molecule has 32 heavy (non-hydrogen) atoms. The molecule has 4 aliphatic rings. The molecular formula is C27H47NO4. The molecule has 4 fully saturated rings. The van der Waals surface area contributed by atoms with Gasteiger partial charge in [0, 0.05) is 19.6 Å². The Balaban J connectivity index is 1.43. The number of aliphatic hydroxyl groups excluding tert-OH is 3. The third-order valence-electron chi connectivity index (χ3n) is 11.0. The van der Waals surface area contributed by atoms with E-state index < -0.39 is 0 Å². The summed E-state index contributed by atoms with van der Waals surface area (Å²) >= 11 is 0. The van der Waals surface area contributed by atoms with E-state index in [-0.39, 0.29) is 35.6 Å². The molecule has 0 saturated heterocycles. The van der Waals surface area contributed by atoms with Crippen LogP contribution in [-0.4, -0.2) is 46.6 Å². The van der Waals surface area contributed by atoms with Gasteiger partial charge in [-0.3, -0.25) is 4.79 Å². The van der Waals surface area contributed by atoms with Crippen LogP contribution in [0.3, 0.4) is 0 Å². The Morgan fingerprint density at radius 3 is 2.59 bits per heavy atom. The summed E-state index contributed by atoms with van der Waals surface area (Å²) < 4.78 is 0. The lowest BCUT2D eigenvalue weighted by Crippen LogP contribution is -2.58. The molecule has 5 nitrogen and oxygen atoms in total. The summed E-state index contributed by atoms with van der Waals surface area (Å²) in [5.41, 5.74) is 0.242. The number of fused-ring (bicyclic) bond motifs is 5. The van der Waals surface area contributed by atoms with Crippen LogP contribution in [0.15, 0.2) is 0 Å². The molecule has 4 aliphatic carbocycles. The molecule has 0 aromatic heterocycles. The fraction of sp³-hybridized carbons (Fsp3) is 0.963. The highest BCUT2D eigenvalue weighted by molar-refractivity contribution is 5.75. The number of carbonyl (C=O) groups is 1. The van der Waals surface area contributed by atoms with Gasteiger partial charge in [0.15, 0.2) is 0 Å². The van der Waals surface area contributed by atoms with E-state index in [1.54, 1.807) is 0 Å². The molecule has 0 radical (unpaired) electrons. The molecule has 4 N–H and O–H groups in total. The first-order valence-electron chi connectivity index (χ1n) is 13.5. The Bertz CT molecular complexity index is 670. The van der Waals surface area contributed by atoms with Crippen molar-refractivity contribution in [1.29, 1.82) is 0 Å². The molecule has 0 aliphatic heterocycles. The van der Waals surface area contributed by atoms with Crippen molar-refractivity contribution in [3.8, 4) is 0 Å². The van der Waals surface area contributed by atoms with Gasteiger partial charge in [0.05, 0.1) is 12.2 Å². The fourth-order valence-electron chi connectivity index (χ4n) is 9.12. The van der Waals surface area contributed by atoms with E-state index in [9.17, 15) is 15.0 Å². The molecule has 4 rings (SSSR count). The smallest absolute Gasteiger partial charge is 0.220 e. The van der Waals surface area contributed by atoms with Gasteiger partial charge in [-0.05, 0) is 111 Å². The second-order valence-electron chi connectivity index (χ2n) is 12.3. The average molecular weight is 450 g/mol. The van der Waals surface area contributed by atoms with Crippen molar-refractivity contribution in [3.63, 3.8) is 0 Å². The van der Waals surface area contributed by atoms with E-state index in [0.29, 0.717) is 54.9 Å². The Hall–Kier alpha value is -0.650. The number of rotatable bonds is 7. The van der Waals surface area contributed by atoms with Gasteiger partial charge in [0.25, 0.3) is 0 Å². The Morgan fingerprint density at radius 2 is 1.84 bits per heavy atom. The maximum Gasteiger partial charge on any atom is 0.220 e. The van der Waals surface area contributed by atoms with Crippen LogP contribution in [-0.2, 0) is 4.79 Å². The Labute approximate surface area is 194 Å². The maximum absolute atomic E-state index is 12.2. The Morgan fingerprint density at radius 1 is 1.06 bits per heavy atom. The minimum Gasteiger partial charge on any atom is -0.396 e. The normalized spacial score (nSPS) is 46.6. The van der Waals surface area contributed by atoms with Gasteiger partial charge >= 0.3 is 0 Å². The van der Waals surface area contributed by atoms with E-state index in [0.717, 1.165) is 32.1 Å². The summed E-state index contributed by atoms with van der Waals surface area (Å²) in [4.78, 5) is 12.2. The van der Waals surface area contributed by atoms with Crippen molar-refractivity contribution in [3.05, 3.63) is 0 Å². The van der Waals surface area contributed by atoms with Crippen LogP contribution >= 0.6 is 0 Å². The summed E-state index contributed by atoms with van der Waals surface area (Å²) in [6.45, 7) is 7.79. The first-order valence-corrected chi connectivity index (χ1v) is 13.5.